The van der Waals surface area contributed by atoms with Crippen molar-refractivity contribution in [1.82, 2.24) is 15.1 Å². The fourth-order valence-corrected chi connectivity index (χ4v) is 4.61. The van der Waals surface area contributed by atoms with Crippen molar-refractivity contribution in [1.29, 1.82) is 0 Å². The van der Waals surface area contributed by atoms with Gasteiger partial charge in [0.25, 0.3) is 11.8 Å². The molecule has 0 saturated carbocycles. The van der Waals surface area contributed by atoms with Crippen molar-refractivity contribution in [3.63, 3.8) is 0 Å². The van der Waals surface area contributed by atoms with Gasteiger partial charge in [-0.1, -0.05) is 25.1 Å². The highest BCUT2D eigenvalue weighted by Crippen LogP contribution is 2.20. The predicted molar refractivity (Wildman–Crippen MR) is 123 cm³/mol. The van der Waals surface area contributed by atoms with Gasteiger partial charge in [-0.05, 0) is 49.3 Å². The number of likely N-dealkylation sites (tertiary alicyclic amines) is 1. The summed E-state index contributed by atoms with van der Waals surface area (Å²) in [7, 11) is 0. The van der Waals surface area contributed by atoms with Gasteiger partial charge >= 0.3 is 0 Å². The van der Waals surface area contributed by atoms with Crippen LogP contribution in [0.1, 0.15) is 59.7 Å². The maximum Gasteiger partial charge on any atom is 0.253 e. The number of rotatable bonds is 9. The smallest absolute Gasteiger partial charge is 0.253 e. The number of benzene rings is 1. The first kappa shape index (κ1) is 23.0. The second-order valence-corrected chi connectivity index (χ2v) is 8.63. The number of piperidine rings is 1. The van der Waals surface area contributed by atoms with Crippen molar-refractivity contribution in [3.8, 4) is 0 Å². The molecule has 3 rings (SSSR count). The number of nitrogens with one attached hydrogen (secondary N) is 1. The lowest BCUT2D eigenvalue weighted by molar-refractivity contribution is -0.134. The lowest BCUT2D eigenvalue weighted by Gasteiger charge is -2.38. The lowest BCUT2D eigenvalue weighted by Crippen LogP contribution is -2.49. The number of hydrogen-bond donors (Lipinski definition) is 1. The van der Waals surface area contributed by atoms with Crippen LogP contribution in [0, 0.1) is 0 Å². The quantitative estimate of drug-likeness (QED) is 0.602. The minimum Gasteiger partial charge on any atom is -0.352 e. The molecule has 2 heterocycles. The average molecular weight is 442 g/mol. The fraction of sp³-hybridized carbons (Fsp3) is 0.458. The molecule has 7 heteroatoms. The van der Waals surface area contributed by atoms with Crippen molar-refractivity contribution in [2.45, 2.75) is 45.1 Å². The summed E-state index contributed by atoms with van der Waals surface area (Å²) in [6.07, 6.45) is 3.57. The molecule has 6 nitrogen and oxygen atoms in total. The van der Waals surface area contributed by atoms with Gasteiger partial charge < -0.3 is 15.1 Å². The van der Waals surface area contributed by atoms with Crippen LogP contribution in [0.2, 0.25) is 0 Å². The van der Waals surface area contributed by atoms with E-state index in [0.29, 0.717) is 43.6 Å². The molecule has 0 atom stereocenters. The Morgan fingerprint density at radius 2 is 1.84 bits per heavy atom. The molecule has 1 fully saturated rings. The molecule has 1 N–H and O–H groups in total. The van der Waals surface area contributed by atoms with Crippen LogP contribution in [0.15, 0.2) is 47.2 Å². The van der Waals surface area contributed by atoms with Gasteiger partial charge in [0.15, 0.2) is 0 Å². The molecule has 2 aromatic rings. The van der Waals surface area contributed by atoms with Gasteiger partial charge in [0, 0.05) is 55.1 Å². The van der Waals surface area contributed by atoms with Gasteiger partial charge in [-0.15, -0.1) is 0 Å². The van der Waals surface area contributed by atoms with E-state index in [1.165, 1.54) is 11.3 Å². The van der Waals surface area contributed by atoms with E-state index in [-0.39, 0.29) is 23.8 Å². The van der Waals surface area contributed by atoms with E-state index < -0.39 is 0 Å². The number of nitrogens with zero attached hydrogens (tertiary/aromatic N) is 2. The van der Waals surface area contributed by atoms with Crippen LogP contribution >= 0.6 is 11.3 Å². The zero-order valence-corrected chi connectivity index (χ0v) is 18.9. The van der Waals surface area contributed by atoms with Crippen LogP contribution in [-0.4, -0.2) is 59.7 Å². The number of hydrogen-bond acceptors (Lipinski definition) is 4. The minimum atomic E-state index is -0.0884. The SMILES string of the molecule is CCCN(C(=O)CCCNC(=O)c1ccsc1)C1CCN(C(=O)c2ccccc2)CC1. The Morgan fingerprint density at radius 3 is 2.48 bits per heavy atom. The van der Waals surface area contributed by atoms with E-state index in [4.69, 9.17) is 0 Å². The van der Waals surface area contributed by atoms with Crippen molar-refractivity contribution in [3.05, 3.63) is 58.3 Å². The molecule has 0 spiro atoms. The van der Waals surface area contributed by atoms with E-state index >= 15 is 0 Å². The van der Waals surface area contributed by atoms with Gasteiger partial charge in [0.1, 0.15) is 0 Å². The average Bonchev–Trinajstić information content (AvgIpc) is 3.35. The number of amides is 3. The number of thiophene rings is 1. The summed E-state index contributed by atoms with van der Waals surface area (Å²) in [6, 6.07) is 11.3. The molecule has 1 aliphatic rings. The first-order valence-electron chi connectivity index (χ1n) is 11.0. The summed E-state index contributed by atoms with van der Waals surface area (Å²) in [5.74, 6) is 0.114. The molecule has 166 valence electrons. The van der Waals surface area contributed by atoms with Crippen molar-refractivity contribution in [2.75, 3.05) is 26.2 Å². The standard InChI is InChI=1S/C24H31N3O3S/c1-2-14-27(22(28)9-6-13-25-23(29)20-12-17-31-18-20)21-10-15-26(16-11-21)24(30)19-7-4-3-5-8-19/h3-5,7-8,12,17-18,21H,2,6,9-11,13-16H2,1H3,(H,25,29). The van der Waals surface area contributed by atoms with Gasteiger partial charge in [0.2, 0.25) is 5.91 Å². The van der Waals surface area contributed by atoms with Crippen molar-refractivity contribution >= 4 is 29.1 Å². The zero-order valence-electron chi connectivity index (χ0n) is 18.1. The summed E-state index contributed by atoms with van der Waals surface area (Å²) in [6.45, 7) is 4.64. The lowest BCUT2D eigenvalue weighted by atomic mass is 10.0. The minimum absolute atomic E-state index is 0.0637. The van der Waals surface area contributed by atoms with Crippen LogP contribution in [0.4, 0.5) is 0 Å². The zero-order chi connectivity index (χ0) is 22.1. The molecule has 0 unspecified atom stereocenters. The Labute approximate surface area is 188 Å². The monoisotopic (exact) mass is 441 g/mol. The van der Waals surface area contributed by atoms with Crippen molar-refractivity contribution < 1.29 is 14.4 Å². The summed E-state index contributed by atoms with van der Waals surface area (Å²) in [5.41, 5.74) is 1.38. The molecule has 1 aromatic heterocycles. The Kier molecular flexibility index (Phi) is 8.64. The molecule has 0 bridgehead atoms. The second-order valence-electron chi connectivity index (χ2n) is 7.85. The van der Waals surface area contributed by atoms with E-state index in [0.717, 1.165) is 25.8 Å². The maximum atomic E-state index is 12.9. The highest BCUT2D eigenvalue weighted by atomic mass is 32.1. The van der Waals surface area contributed by atoms with Crippen LogP contribution < -0.4 is 5.32 Å². The summed E-state index contributed by atoms with van der Waals surface area (Å²) in [5, 5.41) is 6.57. The molecular formula is C24H31N3O3S. The van der Waals surface area contributed by atoms with E-state index in [1.54, 1.807) is 6.07 Å². The van der Waals surface area contributed by atoms with E-state index in [2.05, 4.69) is 12.2 Å². The first-order valence-corrected chi connectivity index (χ1v) is 12.0. The Balaban J connectivity index is 1.45. The molecule has 31 heavy (non-hydrogen) atoms. The topological polar surface area (TPSA) is 69.7 Å². The van der Waals surface area contributed by atoms with Crippen LogP contribution in [0.5, 0.6) is 0 Å². The molecular weight excluding hydrogens is 410 g/mol. The Bertz CT molecular complexity index is 846. The fourth-order valence-electron chi connectivity index (χ4n) is 3.98. The maximum absolute atomic E-state index is 12.9. The van der Waals surface area contributed by atoms with Gasteiger partial charge in [-0.3, -0.25) is 14.4 Å². The first-order chi connectivity index (χ1) is 15.1. The molecule has 0 aliphatic carbocycles. The molecule has 3 amide bonds. The third-order valence-electron chi connectivity index (χ3n) is 5.63. The highest BCUT2D eigenvalue weighted by Gasteiger charge is 2.29. The van der Waals surface area contributed by atoms with Gasteiger partial charge in [-0.2, -0.15) is 11.3 Å². The third kappa shape index (κ3) is 6.40. The van der Waals surface area contributed by atoms with E-state index in [1.807, 2.05) is 50.9 Å². The predicted octanol–water partition coefficient (Wildman–Crippen LogP) is 3.80. The normalized spacial score (nSPS) is 14.3. The van der Waals surface area contributed by atoms with Gasteiger partial charge in [0.05, 0.1) is 0 Å². The summed E-state index contributed by atoms with van der Waals surface area (Å²) >= 11 is 1.49. The largest absolute Gasteiger partial charge is 0.352 e. The molecule has 1 saturated heterocycles. The Hall–Kier alpha value is -2.67. The van der Waals surface area contributed by atoms with Crippen LogP contribution in [-0.2, 0) is 4.79 Å². The second kappa shape index (κ2) is 11.6. The van der Waals surface area contributed by atoms with E-state index in [9.17, 15) is 14.4 Å². The van der Waals surface area contributed by atoms with Crippen LogP contribution in [0.3, 0.4) is 0 Å². The van der Waals surface area contributed by atoms with Gasteiger partial charge in [-0.25, -0.2) is 0 Å². The Morgan fingerprint density at radius 1 is 1.10 bits per heavy atom. The number of carbonyl (C=O) groups excluding carboxylic acids is 3. The molecule has 1 aromatic carbocycles. The summed E-state index contributed by atoms with van der Waals surface area (Å²) < 4.78 is 0. The number of carbonyl (C=O) groups is 3. The molecule has 1 aliphatic heterocycles. The highest BCUT2D eigenvalue weighted by molar-refractivity contribution is 7.08. The summed E-state index contributed by atoms with van der Waals surface area (Å²) in [4.78, 5) is 41.4. The third-order valence-corrected chi connectivity index (χ3v) is 6.32. The van der Waals surface area contributed by atoms with Crippen molar-refractivity contribution in [2.24, 2.45) is 0 Å². The van der Waals surface area contributed by atoms with Crippen LogP contribution in [0.25, 0.3) is 0 Å². The molecule has 0 radical (unpaired) electrons.